The molecule has 1 N–H and O–H groups in total. The van der Waals surface area contributed by atoms with Crippen LogP contribution in [0.2, 0.25) is 0 Å². The Morgan fingerprint density at radius 3 is 2.62 bits per heavy atom. The van der Waals surface area contributed by atoms with Gasteiger partial charge in [0.25, 0.3) is 0 Å². The molecular weight excluding hydrogens is 278 g/mol. The molecule has 0 aliphatic heterocycles. The van der Waals surface area contributed by atoms with Gasteiger partial charge in [0.1, 0.15) is 12.4 Å². The van der Waals surface area contributed by atoms with Crippen molar-refractivity contribution in [2.24, 2.45) is 0 Å². The van der Waals surface area contributed by atoms with Gasteiger partial charge in [0.05, 0.1) is 0 Å². The SMILES string of the molecule is CCC(C)c1ccc(OCCNCCc2cccs2)cc1. The number of rotatable bonds is 9. The lowest BCUT2D eigenvalue weighted by Crippen LogP contribution is -2.23. The third-order valence-corrected chi connectivity index (χ3v) is 4.67. The van der Waals surface area contributed by atoms with Crippen molar-refractivity contribution >= 4 is 11.3 Å². The van der Waals surface area contributed by atoms with Crippen molar-refractivity contribution in [3.63, 3.8) is 0 Å². The Balaban J connectivity index is 1.60. The highest BCUT2D eigenvalue weighted by Crippen LogP contribution is 2.21. The summed E-state index contributed by atoms with van der Waals surface area (Å²) in [6.45, 7) is 7.09. The summed E-state index contributed by atoms with van der Waals surface area (Å²) in [6, 6.07) is 12.8. The van der Waals surface area contributed by atoms with E-state index >= 15 is 0 Å². The molecular formula is C18H25NOS. The molecule has 0 spiro atoms. The first-order chi connectivity index (χ1) is 10.3. The van der Waals surface area contributed by atoms with E-state index in [4.69, 9.17) is 4.74 Å². The van der Waals surface area contributed by atoms with Gasteiger partial charge in [-0.05, 0) is 47.9 Å². The van der Waals surface area contributed by atoms with Crippen molar-refractivity contribution in [2.45, 2.75) is 32.6 Å². The van der Waals surface area contributed by atoms with Crippen LogP contribution in [0, 0.1) is 0 Å². The fraction of sp³-hybridized carbons (Fsp3) is 0.444. The van der Waals surface area contributed by atoms with Gasteiger partial charge in [-0.1, -0.05) is 32.0 Å². The highest BCUT2D eigenvalue weighted by molar-refractivity contribution is 7.09. The number of thiophene rings is 1. The number of ether oxygens (including phenoxy) is 1. The predicted octanol–water partition coefficient (Wildman–Crippen LogP) is 4.47. The van der Waals surface area contributed by atoms with Gasteiger partial charge < -0.3 is 10.1 Å². The first-order valence-corrected chi connectivity index (χ1v) is 8.63. The quantitative estimate of drug-likeness (QED) is 0.690. The van der Waals surface area contributed by atoms with E-state index < -0.39 is 0 Å². The average Bonchev–Trinajstić information content (AvgIpc) is 3.04. The summed E-state index contributed by atoms with van der Waals surface area (Å²) >= 11 is 1.82. The molecule has 2 aromatic rings. The van der Waals surface area contributed by atoms with Crippen LogP contribution >= 0.6 is 11.3 Å². The zero-order valence-electron chi connectivity index (χ0n) is 13.0. The van der Waals surface area contributed by atoms with E-state index in [1.807, 2.05) is 11.3 Å². The molecule has 0 saturated carbocycles. The van der Waals surface area contributed by atoms with Crippen LogP contribution in [0.25, 0.3) is 0 Å². The highest BCUT2D eigenvalue weighted by atomic mass is 32.1. The van der Waals surface area contributed by atoms with Crippen LogP contribution in [0.1, 0.15) is 36.6 Å². The Hall–Kier alpha value is -1.32. The van der Waals surface area contributed by atoms with E-state index in [9.17, 15) is 0 Å². The van der Waals surface area contributed by atoms with Crippen LogP contribution in [0.3, 0.4) is 0 Å². The standard InChI is InChI=1S/C18H25NOS/c1-3-15(2)16-6-8-17(9-7-16)20-13-12-19-11-10-18-5-4-14-21-18/h4-9,14-15,19H,3,10-13H2,1-2H3. The number of hydrogen-bond donors (Lipinski definition) is 1. The van der Waals surface area contributed by atoms with Crippen LogP contribution < -0.4 is 10.1 Å². The fourth-order valence-corrected chi connectivity index (χ4v) is 2.87. The first kappa shape index (κ1) is 16.1. The monoisotopic (exact) mass is 303 g/mol. The Morgan fingerprint density at radius 2 is 1.95 bits per heavy atom. The van der Waals surface area contributed by atoms with E-state index in [2.05, 4.69) is 60.9 Å². The molecule has 1 atom stereocenters. The molecule has 21 heavy (non-hydrogen) atoms. The second kappa shape index (κ2) is 8.85. The van der Waals surface area contributed by atoms with Crippen molar-refractivity contribution in [1.29, 1.82) is 0 Å². The maximum absolute atomic E-state index is 5.75. The number of benzene rings is 1. The summed E-state index contributed by atoms with van der Waals surface area (Å²) in [5.41, 5.74) is 1.39. The second-order valence-electron chi connectivity index (χ2n) is 5.31. The minimum absolute atomic E-state index is 0.623. The molecule has 1 unspecified atom stereocenters. The smallest absolute Gasteiger partial charge is 0.119 e. The van der Waals surface area contributed by atoms with Gasteiger partial charge in [0.15, 0.2) is 0 Å². The molecule has 0 aliphatic carbocycles. The Morgan fingerprint density at radius 1 is 1.14 bits per heavy atom. The van der Waals surface area contributed by atoms with Gasteiger partial charge >= 0.3 is 0 Å². The molecule has 2 nitrogen and oxygen atoms in total. The zero-order chi connectivity index (χ0) is 14.9. The minimum atomic E-state index is 0.623. The van der Waals surface area contributed by atoms with Crippen LogP contribution in [-0.4, -0.2) is 19.7 Å². The summed E-state index contributed by atoms with van der Waals surface area (Å²) in [4.78, 5) is 1.43. The molecule has 0 bridgehead atoms. The van der Waals surface area contributed by atoms with Crippen LogP contribution in [-0.2, 0) is 6.42 Å². The van der Waals surface area contributed by atoms with Crippen molar-refractivity contribution in [3.05, 3.63) is 52.2 Å². The maximum atomic E-state index is 5.75. The van der Waals surface area contributed by atoms with Crippen LogP contribution in [0.15, 0.2) is 41.8 Å². The van der Waals surface area contributed by atoms with E-state index in [0.717, 1.165) is 25.3 Å². The normalized spacial score (nSPS) is 12.3. The summed E-state index contributed by atoms with van der Waals surface area (Å²) in [7, 11) is 0. The molecule has 0 amide bonds. The van der Waals surface area contributed by atoms with Gasteiger partial charge in [0.2, 0.25) is 0 Å². The zero-order valence-corrected chi connectivity index (χ0v) is 13.8. The van der Waals surface area contributed by atoms with E-state index in [1.54, 1.807) is 0 Å². The lowest BCUT2D eigenvalue weighted by molar-refractivity contribution is 0.314. The molecule has 1 heterocycles. The summed E-state index contributed by atoms with van der Waals surface area (Å²) in [5, 5.41) is 5.54. The Kier molecular flexibility index (Phi) is 6.77. The van der Waals surface area contributed by atoms with Crippen molar-refractivity contribution in [2.75, 3.05) is 19.7 Å². The van der Waals surface area contributed by atoms with E-state index in [0.29, 0.717) is 12.5 Å². The lowest BCUT2D eigenvalue weighted by Gasteiger charge is -2.11. The molecule has 0 saturated heterocycles. The largest absolute Gasteiger partial charge is 0.492 e. The third kappa shape index (κ3) is 5.52. The minimum Gasteiger partial charge on any atom is -0.492 e. The number of nitrogens with one attached hydrogen (secondary N) is 1. The molecule has 0 fully saturated rings. The maximum Gasteiger partial charge on any atom is 0.119 e. The van der Waals surface area contributed by atoms with Gasteiger partial charge in [-0.25, -0.2) is 0 Å². The van der Waals surface area contributed by atoms with Crippen LogP contribution in [0.4, 0.5) is 0 Å². The topological polar surface area (TPSA) is 21.3 Å². The summed E-state index contributed by atoms with van der Waals surface area (Å²) in [5.74, 6) is 1.58. The van der Waals surface area contributed by atoms with Crippen molar-refractivity contribution in [3.8, 4) is 5.75 Å². The van der Waals surface area contributed by atoms with E-state index in [1.165, 1.54) is 16.9 Å². The molecule has 114 valence electrons. The molecule has 0 radical (unpaired) electrons. The van der Waals surface area contributed by atoms with Crippen LogP contribution in [0.5, 0.6) is 5.75 Å². The van der Waals surface area contributed by atoms with Gasteiger partial charge in [0, 0.05) is 18.0 Å². The van der Waals surface area contributed by atoms with Gasteiger partial charge in [-0.2, -0.15) is 0 Å². The molecule has 3 heteroatoms. The van der Waals surface area contributed by atoms with Crippen molar-refractivity contribution < 1.29 is 4.74 Å². The second-order valence-corrected chi connectivity index (χ2v) is 6.34. The molecule has 1 aromatic heterocycles. The molecule has 2 rings (SSSR count). The average molecular weight is 303 g/mol. The summed E-state index contributed by atoms with van der Waals surface area (Å²) < 4.78 is 5.75. The van der Waals surface area contributed by atoms with Crippen molar-refractivity contribution in [1.82, 2.24) is 5.32 Å². The Labute approximate surface area is 132 Å². The molecule has 1 aromatic carbocycles. The highest BCUT2D eigenvalue weighted by Gasteiger charge is 2.02. The lowest BCUT2D eigenvalue weighted by atomic mass is 9.99. The Bertz CT molecular complexity index is 492. The summed E-state index contributed by atoms with van der Waals surface area (Å²) in [6.07, 6.45) is 2.27. The number of hydrogen-bond acceptors (Lipinski definition) is 3. The van der Waals surface area contributed by atoms with Gasteiger partial charge in [-0.3, -0.25) is 0 Å². The fourth-order valence-electron chi connectivity index (χ4n) is 2.16. The van der Waals surface area contributed by atoms with E-state index in [-0.39, 0.29) is 0 Å². The molecule has 0 aliphatic rings. The van der Waals surface area contributed by atoms with Gasteiger partial charge in [-0.15, -0.1) is 11.3 Å². The predicted molar refractivity (Wildman–Crippen MR) is 91.5 cm³/mol. The third-order valence-electron chi connectivity index (χ3n) is 3.74. The first-order valence-electron chi connectivity index (χ1n) is 7.75.